The number of carbonyl (C=O) groups excluding carboxylic acids is 1. The molecule has 6 heteroatoms. The molecule has 0 aliphatic heterocycles. The Kier molecular flexibility index (Phi) is 5.25. The number of rotatable bonds is 7. The molecule has 0 aliphatic rings. The molecule has 1 aromatic carbocycles. The lowest BCUT2D eigenvalue weighted by Crippen LogP contribution is -2.50. The van der Waals surface area contributed by atoms with E-state index in [1.807, 2.05) is 38.1 Å². The van der Waals surface area contributed by atoms with Crippen LogP contribution in [-0.2, 0) is 9.53 Å². The average Bonchev–Trinajstić information content (AvgIpc) is 2.89. The number of aromatic nitrogens is 2. The third-order valence-corrected chi connectivity index (χ3v) is 4.29. The average molecular weight is 307 g/mol. The number of fused-ring (bicyclic) bond motifs is 1. The van der Waals surface area contributed by atoms with Gasteiger partial charge in [0.05, 0.1) is 18.1 Å². The van der Waals surface area contributed by atoms with Crippen molar-refractivity contribution in [2.45, 2.75) is 31.0 Å². The van der Waals surface area contributed by atoms with Crippen molar-refractivity contribution >= 4 is 28.8 Å². The number of esters is 1. The van der Waals surface area contributed by atoms with E-state index in [9.17, 15) is 4.79 Å². The molecule has 0 saturated carbocycles. The molecule has 0 saturated heterocycles. The largest absolute Gasteiger partial charge is 0.468 e. The number of hydrogen-bond donors (Lipinski definition) is 2. The summed E-state index contributed by atoms with van der Waals surface area (Å²) in [6.07, 6.45) is 0.676. The fourth-order valence-corrected chi connectivity index (χ4v) is 3.28. The predicted molar refractivity (Wildman–Crippen MR) is 85.5 cm³/mol. The second kappa shape index (κ2) is 6.95. The van der Waals surface area contributed by atoms with Crippen LogP contribution in [0.1, 0.15) is 20.3 Å². The Labute approximate surface area is 128 Å². The van der Waals surface area contributed by atoms with Gasteiger partial charge in [0.2, 0.25) is 0 Å². The van der Waals surface area contributed by atoms with Crippen molar-refractivity contribution in [1.29, 1.82) is 0 Å². The molecule has 21 heavy (non-hydrogen) atoms. The highest BCUT2D eigenvalue weighted by molar-refractivity contribution is 7.99. The molecule has 5 nitrogen and oxygen atoms in total. The zero-order chi connectivity index (χ0) is 15.3. The van der Waals surface area contributed by atoms with E-state index in [1.54, 1.807) is 11.8 Å². The second-order valence-corrected chi connectivity index (χ2v) is 6.10. The van der Waals surface area contributed by atoms with Crippen LogP contribution < -0.4 is 5.32 Å². The van der Waals surface area contributed by atoms with Crippen molar-refractivity contribution in [3.63, 3.8) is 0 Å². The Morgan fingerprint density at radius 1 is 1.48 bits per heavy atom. The maximum absolute atomic E-state index is 11.9. The first-order chi connectivity index (χ1) is 10.1. The molecule has 0 aliphatic carbocycles. The molecule has 1 heterocycles. The quantitative estimate of drug-likeness (QED) is 0.608. The highest BCUT2D eigenvalue weighted by Crippen LogP contribution is 2.23. The molecule has 0 radical (unpaired) electrons. The monoisotopic (exact) mass is 307 g/mol. The molecule has 0 amide bonds. The zero-order valence-electron chi connectivity index (χ0n) is 12.6. The Morgan fingerprint density at radius 3 is 2.90 bits per heavy atom. The van der Waals surface area contributed by atoms with Crippen LogP contribution in [0.4, 0.5) is 0 Å². The van der Waals surface area contributed by atoms with E-state index in [0.717, 1.165) is 28.5 Å². The number of imidazole rings is 1. The first-order valence-corrected chi connectivity index (χ1v) is 7.98. The molecule has 1 unspecified atom stereocenters. The first kappa shape index (κ1) is 15.9. The van der Waals surface area contributed by atoms with E-state index >= 15 is 0 Å². The van der Waals surface area contributed by atoms with E-state index in [-0.39, 0.29) is 5.97 Å². The molecule has 2 rings (SSSR count). The lowest BCUT2D eigenvalue weighted by atomic mass is 9.99. The molecular formula is C15H21N3O2S. The lowest BCUT2D eigenvalue weighted by molar-refractivity contribution is -0.147. The second-order valence-electron chi connectivity index (χ2n) is 5.01. The SMILES string of the molecule is CCNC(C)(CCSc1nc2ccccc2[nH]1)C(=O)OC. The minimum Gasteiger partial charge on any atom is -0.468 e. The van der Waals surface area contributed by atoms with Gasteiger partial charge >= 0.3 is 5.97 Å². The summed E-state index contributed by atoms with van der Waals surface area (Å²) in [7, 11) is 1.42. The number of methoxy groups -OCH3 is 1. The summed E-state index contributed by atoms with van der Waals surface area (Å²) in [5.41, 5.74) is 1.34. The Hall–Kier alpha value is -1.53. The number of ether oxygens (including phenoxy) is 1. The summed E-state index contributed by atoms with van der Waals surface area (Å²) in [4.78, 5) is 19.7. The normalized spacial score (nSPS) is 14.0. The smallest absolute Gasteiger partial charge is 0.325 e. The van der Waals surface area contributed by atoms with Gasteiger partial charge in [0.25, 0.3) is 0 Å². The number of hydrogen-bond acceptors (Lipinski definition) is 5. The van der Waals surface area contributed by atoms with Crippen molar-refractivity contribution in [3.05, 3.63) is 24.3 Å². The number of likely N-dealkylation sites (N-methyl/N-ethyl adjacent to an activating group) is 1. The Bertz CT molecular complexity index is 581. The number of benzene rings is 1. The van der Waals surface area contributed by atoms with E-state index in [1.165, 1.54) is 7.11 Å². The van der Waals surface area contributed by atoms with Crippen LogP contribution in [-0.4, -0.2) is 40.9 Å². The van der Waals surface area contributed by atoms with Gasteiger partial charge in [-0.15, -0.1) is 0 Å². The maximum Gasteiger partial charge on any atom is 0.325 e. The van der Waals surface area contributed by atoms with Crippen LogP contribution >= 0.6 is 11.8 Å². The molecule has 0 spiro atoms. The summed E-state index contributed by atoms with van der Waals surface area (Å²) in [5.74, 6) is 0.549. The lowest BCUT2D eigenvalue weighted by Gasteiger charge is -2.27. The topological polar surface area (TPSA) is 67.0 Å². The van der Waals surface area contributed by atoms with Crippen LogP contribution in [0.15, 0.2) is 29.4 Å². The van der Waals surface area contributed by atoms with E-state index in [2.05, 4.69) is 15.3 Å². The Morgan fingerprint density at radius 2 is 2.24 bits per heavy atom. The fourth-order valence-electron chi connectivity index (χ4n) is 2.23. The third-order valence-electron chi connectivity index (χ3n) is 3.41. The van der Waals surface area contributed by atoms with Gasteiger partial charge in [-0.25, -0.2) is 4.98 Å². The van der Waals surface area contributed by atoms with Crippen molar-refractivity contribution in [1.82, 2.24) is 15.3 Å². The van der Waals surface area contributed by atoms with Crippen LogP contribution in [0.2, 0.25) is 0 Å². The first-order valence-electron chi connectivity index (χ1n) is 7.00. The number of H-pyrrole nitrogens is 1. The van der Waals surface area contributed by atoms with Gasteiger partial charge in [0, 0.05) is 5.75 Å². The van der Waals surface area contributed by atoms with E-state index in [0.29, 0.717) is 6.42 Å². The van der Waals surface area contributed by atoms with Crippen molar-refractivity contribution < 1.29 is 9.53 Å². The minimum atomic E-state index is -0.650. The highest BCUT2D eigenvalue weighted by atomic mass is 32.2. The highest BCUT2D eigenvalue weighted by Gasteiger charge is 2.32. The van der Waals surface area contributed by atoms with Crippen molar-refractivity contribution in [2.24, 2.45) is 0 Å². The van der Waals surface area contributed by atoms with Gasteiger partial charge in [-0.1, -0.05) is 30.8 Å². The van der Waals surface area contributed by atoms with Gasteiger partial charge in [-0.05, 0) is 32.0 Å². The van der Waals surface area contributed by atoms with Crippen molar-refractivity contribution in [3.8, 4) is 0 Å². The summed E-state index contributed by atoms with van der Waals surface area (Å²) in [5, 5.41) is 4.08. The zero-order valence-corrected chi connectivity index (χ0v) is 13.4. The van der Waals surface area contributed by atoms with Gasteiger partial charge in [-0.3, -0.25) is 4.79 Å². The van der Waals surface area contributed by atoms with Crippen LogP contribution in [0.25, 0.3) is 11.0 Å². The van der Waals surface area contributed by atoms with Gasteiger partial charge in [0.1, 0.15) is 5.54 Å². The molecular weight excluding hydrogens is 286 g/mol. The van der Waals surface area contributed by atoms with Gasteiger partial charge in [-0.2, -0.15) is 0 Å². The molecule has 2 N–H and O–H groups in total. The summed E-state index contributed by atoms with van der Waals surface area (Å²) in [6.45, 7) is 4.58. The third kappa shape index (κ3) is 3.77. The number of para-hydroxylation sites is 2. The number of carbonyl (C=O) groups is 1. The summed E-state index contributed by atoms with van der Waals surface area (Å²) < 4.78 is 4.88. The van der Waals surface area contributed by atoms with Crippen LogP contribution in [0.5, 0.6) is 0 Å². The number of nitrogens with one attached hydrogen (secondary N) is 2. The summed E-state index contributed by atoms with van der Waals surface area (Å²) >= 11 is 1.61. The predicted octanol–water partition coefficient (Wildman–Crippen LogP) is 2.59. The van der Waals surface area contributed by atoms with Gasteiger partial charge in [0.15, 0.2) is 5.16 Å². The summed E-state index contributed by atoms with van der Waals surface area (Å²) in [6, 6.07) is 7.93. The molecule has 1 aromatic heterocycles. The van der Waals surface area contributed by atoms with Gasteiger partial charge < -0.3 is 15.0 Å². The fraction of sp³-hybridized carbons (Fsp3) is 0.467. The van der Waals surface area contributed by atoms with Crippen LogP contribution in [0, 0.1) is 0 Å². The van der Waals surface area contributed by atoms with Crippen LogP contribution in [0.3, 0.4) is 0 Å². The number of aromatic amines is 1. The molecule has 2 aromatic rings. The molecule has 0 bridgehead atoms. The standard InChI is InChI=1S/C15H21N3O2S/c1-4-16-15(2,13(19)20-3)9-10-21-14-17-11-7-5-6-8-12(11)18-14/h5-8,16H,4,9-10H2,1-3H3,(H,17,18). The Balaban J connectivity index is 1.97. The molecule has 1 atom stereocenters. The number of thioether (sulfide) groups is 1. The number of nitrogens with zero attached hydrogens (tertiary/aromatic N) is 1. The van der Waals surface area contributed by atoms with E-state index in [4.69, 9.17) is 4.74 Å². The minimum absolute atomic E-state index is 0.227. The maximum atomic E-state index is 11.9. The van der Waals surface area contributed by atoms with Crippen molar-refractivity contribution in [2.75, 3.05) is 19.4 Å². The van der Waals surface area contributed by atoms with E-state index < -0.39 is 5.54 Å². The molecule has 114 valence electrons. The molecule has 0 fully saturated rings.